The van der Waals surface area contributed by atoms with Gasteiger partial charge in [0.15, 0.2) is 0 Å². The van der Waals surface area contributed by atoms with Gasteiger partial charge in [0, 0.05) is 27.2 Å². The molecule has 0 atom stereocenters. The minimum Gasteiger partial charge on any atom is -0.398 e. The van der Waals surface area contributed by atoms with Crippen molar-refractivity contribution in [1.82, 2.24) is 0 Å². The molecule has 0 radical (unpaired) electrons. The van der Waals surface area contributed by atoms with E-state index < -0.39 is 0 Å². The lowest BCUT2D eigenvalue weighted by Crippen LogP contribution is -1.90. The summed E-state index contributed by atoms with van der Waals surface area (Å²) in [6.07, 6.45) is 0. The monoisotopic (exact) mass is 222 g/mol. The second kappa shape index (κ2) is 3.56. The fourth-order valence-corrected chi connectivity index (χ4v) is 2.24. The van der Waals surface area contributed by atoms with E-state index in [1.807, 2.05) is 48.5 Å². The maximum atomic E-state index is 11.1. The molecule has 0 aromatic heterocycles. The normalized spacial score (nSPS) is 10.8. The van der Waals surface area contributed by atoms with Gasteiger partial charge in [0.25, 0.3) is 0 Å². The van der Waals surface area contributed by atoms with Crippen LogP contribution in [-0.2, 0) is 0 Å². The molecular formula is C14H10N2O. The number of nitrogen functional groups attached to an aromatic ring is 1. The van der Waals surface area contributed by atoms with Crippen molar-refractivity contribution in [3.63, 3.8) is 0 Å². The molecule has 0 unspecified atom stereocenters. The Labute approximate surface area is 97.8 Å². The highest BCUT2D eigenvalue weighted by Gasteiger charge is 2.11. The van der Waals surface area contributed by atoms with Gasteiger partial charge in [0.05, 0.1) is 0 Å². The summed E-state index contributed by atoms with van der Waals surface area (Å²) in [6, 6.07) is 15.1. The largest absolute Gasteiger partial charge is 0.398 e. The molecule has 0 aliphatic heterocycles. The average molecular weight is 222 g/mol. The van der Waals surface area contributed by atoms with Crippen LogP contribution in [0.15, 0.2) is 53.7 Å². The molecule has 0 bridgehead atoms. The van der Waals surface area contributed by atoms with E-state index in [1.165, 1.54) is 0 Å². The number of hydrogen-bond donors (Lipinski definition) is 1. The third-order valence-electron chi connectivity index (χ3n) is 3.04. The van der Waals surface area contributed by atoms with Crippen LogP contribution in [0.2, 0.25) is 0 Å². The Hall–Kier alpha value is -2.42. The molecule has 3 nitrogen and oxygen atoms in total. The zero-order valence-corrected chi connectivity index (χ0v) is 9.05. The lowest BCUT2D eigenvalue weighted by Gasteiger charge is -2.09. The highest BCUT2D eigenvalue weighted by molar-refractivity contribution is 6.17. The molecule has 0 heterocycles. The number of anilines is 1. The van der Waals surface area contributed by atoms with E-state index in [2.05, 4.69) is 5.18 Å². The average Bonchev–Trinajstić information content (AvgIpc) is 2.40. The van der Waals surface area contributed by atoms with Crippen LogP contribution in [0, 0.1) is 4.91 Å². The van der Waals surface area contributed by atoms with Crippen molar-refractivity contribution in [2.24, 2.45) is 5.18 Å². The summed E-state index contributed by atoms with van der Waals surface area (Å²) < 4.78 is 0. The molecule has 0 aliphatic rings. The van der Waals surface area contributed by atoms with Crippen LogP contribution in [0.25, 0.3) is 21.5 Å². The zero-order chi connectivity index (χ0) is 11.8. The lowest BCUT2D eigenvalue weighted by atomic mass is 9.99. The van der Waals surface area contributed by atoms with Gasteiger partial charge in [-0.25, -0.2) is 0 Å². The second-order valence-corrected chi connectivity index (χ2v) is 3.94. The van der Waals surface area contributed by atoms with Crippen molar-refractivity contribution < 1.29 is 0 Å². The standard InChI is InChI=1S/C14H10N2O/c15-13-9-5-1-3-7-11(9)14(16-17)12-8-4-2-6-10(12)13/h1-8H,15H2. The molecule has 17 heavy (non-hydrogen) atoms. The third-order valence-corrected chi connectivity index (χ3v) is 3.04. The van der Waals surface area contributed by atoms with Gasteiger partial charge in [-0.3, -0.25) is 0 Å². The summed E-state index contributed by atoms with van der Waals surface area (Å²) in [6.45, 7) is 0. The topological polar surface area (TPSA) is 55.4 Å². The number of nitrogens with zero attached hydrogens (tertiary/aromatic N) is 1. The summed E-state index contributed by atoms with van der Waals surface area (Å²) in [5.74, 6) is 0. The minimum atomic E-state index is 0.463. The summed E-state index contributed by atoms with van der Waals surface area (Å²) >= 11 is 0. The number of hydrogen-bond acceptors (Lipinski definition) is 3. The van der Waals surface area contributed by atoms with Crippen molar-refractivity contribution in [1.29, 1.82) is 0 Å². The van der Waals surface area contributed by atoms with Crippen molar-refractivity contribution in [2.45, 2.75) is 0 Å². The SMILES string of the molecule is Nc1c2ccccc2c(N=O)c2ccccc12. The first kappa shape index (κ1) is 9.78. The van der Waals surface area contributed by atoms with Gasteiger partial charge >= 0.3 is 0 Å². The molecule has 3 heteroatoms. The van der Waals surface area contributed by atoms with Crippen molar-refractivity contribution in [2.75, 3.05) is 5.73 Å². The summed E-state index contributed by atoms with van der Waals surface area (Å²) in [5.41, 5.74) is 7.30. The van der Waals surface area contributed by atoms with Gasteiger partial charge in [0.2, 0.25) is 0 Å². The number of nitrogens with two attached hydrogens (primary N) is 1. The molecule has 0 spiro atoms. The van der Waals surface area contributed by atoms with Crippen molar-refractivity contribution >= 4 is 32.9 Å². The Balaban J connectivity index is 2.68. The van der Waals surface area contributed by atoms with E-state index in [-0.39, 0.29) is 0 Å². The summed E-state index contributed by atoms with van der Waals surface area (Å²) in [5, 5.41) is 6.52. The molecule has 82 valence electrons. The molecule has 0 fully saturated rings. The van der Waals surface area contributed by atoms with Crippen LogP contribution in [-0.4, -0.2) is 0 Å². The van der Waals surface area contributed by atoms with Gasteiger partial charge in [-0.1, -0.05) is 48.5 Å². The number of nitroso groups, excluding NO2 is 1. The fraction of sp³-hybridized carbons (Fsp3) is 0. The molecule has 0 saturated carbocycles. The predicted molar refractivity (Wildman–Crippen MR) is 71.3 cm³/mol. The third kappa shape index (κ3) is 1.29. The highest BCUT2D eigenvalue weighted by atomic mass is 16.3. The Morgan fingerprint density at radius 1 is 0.765 bits per heavy atom. The van der Waals surface area contributed by atoms with Crippen LogP contribution in [0.4, 0.5) is 11.4 Å². The molecule has 0 saturated heterocycles. The van der Waals surface area contributed by atoms with Gasteiger partial charge in [0.1, 0.15) is 5.69 Å². The maximum Gasteiger partial charge on any atom is 0.123 e. The van der Waals surface area contributed by atoms with Gasteiger partial charge in [-0.15, -0.1) is 4.91 Å². The number of fused-ring (bicyclic) bond motifs is 2. The van der Waals surface area contributed by atoms with Crippen molar-refractivity contribution in [3.05, 3.63) is 53.4 Å². The first-order chi connectivity index (χ1) is 8.33. The molecule has 3 rings (SSSR count). The van der Waals surface area contributed by atoms with Crippen molar-refractivity contribution in [3.8, 4) is 0 Å². The van der Waals surface area contributed by atoms with Crippen LogP contribution in [0.1, 0.15) is 0 Å². The van der Waals surface area contributed by atoms with Gasteiger partial charge in [-0.05, 0) is 5.18 Å². The van der Waals surface area contributed by atoms with E-state index in [9.17, 15) is 4.91 Å². The maximum absolute atomic E-state index is 11.1. The van der Waals surface area contributed by atoms with E-state index >= 15 is 0 Å². The van der Waals surface area contributed by atoms with Crippen LogP contribution in [0.5, 0.6) is 0 Å². The van der Waals surface area contributed by atoms with Gasteiger partial charge < -0.3 is 5.73 Å². The smallest absolute Gasteiger partial charge is 0.123 e. The van der Waals surface area contributed by atoms with E-state index in [4.69, 9.17) is 5.73 Å². The molecule has 0 amide bonds. The Kier molecular flexibility index (Phi) is 2.05. The lowest BCUT2D eigenvalue weighted by molar-refractivity contribution is 1.57. The summed E-state index contributed by atoms with van der Waals surface area (Å²) in [4.78, 5) is 11.1. The first-order valence-electron chi connectivity index (χ1n) is 5.35. The van der Waals surface area contributed by atoms with Crippen LogP contribution < -0.4 is 5.73 Å². The molecule has 2 N–H and O–H groups in total. The Morgan fingerprint density at radius 2 is 1.18 bits per heavy atom. The Morgan fingerprint density at radius 3 is 1.59 bits per heavy atom. The zero-order valence-electron chi connectivity index (χ0n) is 9.05. The number of rotatable bonds is 1. The number of benzene rings is 3. The molecule has 3 aromatic rings. The minimum absolute atomic E-state index is 0.463. The van der Waals surface area contributed by atoms with E-state index in [0.29, 0.717) is 11.4 Å². The highest BCUT2D eigenvalue weighted by Crippen LogP contribution is 2.39. The van der Waals surface area contributed by atoms with Crippen LogP contribution >= 0.6 is 0 Å². The quantitative estimate of drug-likeness (QED) is 0.384. The predicted octanol–water partition coefficient (Wildman–Crippen LogP) is 3.97. The first-order valence-corrected chi connectivity index (χ1v) is 5.35. The summed E-state index contributed by atoms with van der Waals surface area (Å²) in [7, 11) is 0. The molecule has 3 aromatic carbocycles. The van der Waals surface area contributed by atoms with Crippen LogP contribution in [0.3, 0.4) is 0 Å². The Bertz CT molecular complexity index is 678. The van der Waals surface area contributed by atoms with Gasteiger partial charge in [-0.2, -0.15) is 0 Å². The van der Waals surface area contributed by atoms with E-state index in [0.717, 1.165) is 21.5 Å². The second-order valence-electron chi connectivity index (χ2n) is 3.94. The fourth-order valence-electron chi connectivity index (χ4n) is 2.24. The molecular weight excluding hydrogens is 212 g/mol. The molecule has 0 aliphatic carbocycles. The van der Waals surface area contributed by atoms with E-state index in [1.54, 1.807) is 0 Å².